The molecule has 0 radical (unpaired) electrons. The molecule has 0 heteroatoms. The van der Waals surface area contributed by atoms with Crippen molar-refractivity contribution in [2.24, 2.45) is 51.8 Å². The van der Waals surface area contributed by atoms with Crippen LogP contribution in [-0.4, -0.2) is 0 Å². The Morgan fingerprint density at radius 3 is 2.25 bits per heavy atom. The zero-order valence-corrected chi connectivity index (χ0v) is 11.7. The van der Waals surface area contributed by atoms with E-state index in [1.54, 1.807) is 6.42 Å². The molecule has 4 aliphatic rings. The van der Waals surface area contributed by atoms with Crippen molar-refractivity contribution in [3.8, 4) is 0 Å². The molecular weight excluding hydrogens is 192 g/mol. The maximum atomic E-state index is 2.62. The Hall–Kier alpha value is 0. The topological polar surface area (TPSA) is 0 Å². The highest BCUT2D eigenvalue weighted by molar-refractivity contribution is 5.39. The lowest BCUT2D eigenvalue weighted by molar-refractivity contribution is -0.365. The molecule has 4 fully saturated rings. The highest BCUT2D eigenvalue weighted by Crippen LogP contribution is 2.96. The Kier molecular flexibility index (Phi) is 1.34. The number of rotatable bonds is 0. The molecule has 4 rings (SSSR count). The summed E-state index contributed by atoms with van der Waals surface area (Å²) in [6.45, 7) is 15.4. The second kappa shape index (κ2) is 2.15. The minimum Gasteiger partial charge on any atom is -0.0622 e. The normalized spacial score (nSPS) is 73.1. The molecule has 0 aromatic rings. The van der Waals surface area contributed by atoms with Gasteiger partial charge in [-0.1, -0.05) is 41.5 Å². The van der Waals surface area contributed by atoms with E-state index in [-0.39, 0.29) is 0 Å². The van der Waals surface area contributed by atoms with Gasteiger partial charge in [0.05, 0.1) is 0 Å². The summed E-state index contributed by atoms with van der Waals surface area (Å²) in [5.74, 6) is 6.20. The van der Waals surface area contributed by atoms with E-state index < -0.39 is 0 Å². The Bertz CT molecular complexity index is 381. The van der Waals surface area contributed by atoms with E-state index in [9.17, 15) is 0 Å². The van der Waals surface area contributed by atoms with Crippen LogP contribution in [0.15, 0.2) is 0 Å². The van der Waals surface area contributed by atoms with Gasteiger partial charge in [0.25, 0.3) is 0 Å². The molecule has 8 atom stereocenters. The van der Waals surface area contributed by atoms with Crippen LogP contribution < -0.4 is 0 Å². The molecule has 0 aliphatic heterocycles. The first-order valence-electron chi connectivity index (χ1n) is 7.32. The molecule has 0 saturated heterocycles. The zero-order valence-electron chi connectivity index (χ0n) is 11.7. The van der Waals surface area contributed by atoms with Crippen LogP contribution >= 0.6 is 0 Å². The van der Waals surface area contributed by atoms with Crippen LogP contribution in [0.1, 0.15) is 48.0 Å². The van der Waals surface area contributed by atoms with E-state index in [0.717, 1.165) is 40.9 Å². The molecule has 8 unspecified atom stereocenters. The van der Waals surface area contributed by atoms with E-state index in [1.165, 1.54) is 0 Å². The van der Waals surface area contributed by atoms with Crippen molar-refractivity contribution in [2.75, 3.05) is 0 Å². The largest absolute Gasteiger partial charge is 0.0622 e. The van der Waals surface area contributed by atoms with Gasteiger partial charge >= 0.3 is 0 Å². The molecule has 4 aliphatic carbocycles. The first kappa shape index (κ1) is 9.97. The van der Waals surface area contributed by atoms with Gasteiger partial charge in [-0.2, -0.15) is 0 Å². The highest BCUT2D eigenvalue weighted by atomic mass is 15.0. The second-order valence-corrected chi connectivity index (χ2v) is 8.37. The smallest absolute Gasteiger partial charge is 0.0163 e. The molecule has 0 aromatic heterocycles. The third-order valence-electron chi connectivity index (χ3n) is 8.56. The SMILES string of the molecule is CC1CC23C4C(C)C1C2C(C)(C)C3(C)C4C. The Labute approximate surface area is 100 Å². The minimum atomic E-state index is 0.614. The predicted molar refractivity (Wildman–Crippen MR) is 66.9 cm³/mol. The van der Waals surface area contributed by atoms with E-state index in [1.807, 2.05) is 0 Å². The lowest BCUT2D eigenvalue weighted by Crippen LogP contribution is -2.79. The van der Waals surface area contributed by atoms with E-state index in [4.69, 9.17) is 0 Å². The van der Waals surface area contributed by atoms with Crippen LogP contribution in [-0.2, 0) is 0 Å². The Balaban J connectivity index is 1.93. The first-order chi connectivity index (χ1) is 7.32. The van der Waals surface area contributed by atoms with Gasteiger partial charge in [0.1, 0.15) is 0 Å². The van der Waals surface area contributed by atoms with Crippen molar-refractivity contribution in [3.63, 3.8) is 0 Å². The first-order valence-corrected chi connectivity index (χ1v) is 7.32. The molecule has 16 heavy (non-hydrogen) atoms. The molecule has 0 aromatic carbocycles. The lowest BCUT2D eigenvalue weighted by atomic mass is 9.21. The van der Waals surface area contributed by atoms with Gasteiger partial charge in [0.15, 0.2) is 0 Å². The van der Waals surface area contributed by atoms with Crippen molar-refractivity contribution in [1.82, 2.24) is 0 Å². The van der Waals surface area contributed by atoms with Crippen LogP contribution in [0, 0.1) is 51.8 Å². The maximum absolute atomic E-state index is 2.62. The summed E-state index contributed by atoms with van der Waals surface area (Å²) in [6.07, 6.45) is 1.56. The van der Waals surface area contributed by atoms with Gasteiger partial charge in [-0.3, -0.25) is 0 Å². The van der Waals surface area contributed by atoms with Gasteiger partial charge in [0.2, 0.25) is 0 Å². The van der Waals surface area contributed by atoms with Gasteiger partial charge in [-0.15, -0.1) is 0 Å². The maximum Gasteiger partial charge on any atom is -0.0163 e. The molecule has 4 saturated carbocycles. The van der Waals surface area contributed by atoms with Gasteiger partial charge in [-0.25, -0.2) is 0 Å². The summed E-state index contributed by atoms with van der Waals surface area (Å²) in [4.78, 5) is 0. The van der Waals surface area contributed by atoms with Crippen molar-refractivity contribution in [3.05, 3.63) is 0 Å². The second-order valence-electron chi connectivity index (χ2n) is 8.37. The zero-order chi connectivity index (χ0) is 11.7. The lowest BCUT2D eigenvalue weighted by Gasteiger charge is -2.83. The van der Waals surface area contributed by atoms with Gasteiger partial charge in [0, 0.05) is 0 Å². The third kappa shape index (κ3) is 0.527. The summed E-state index contributed by atoms with van der Waals surface area (Å²) < 4.78 is 0. The fourth-order valence-corrected chi connectivity index (χ4v) is 8.37. The van der Waals surface area contributed by atoms with Crippen molar-refractivity contribution >= 4 is 0 Å². The summed E-state index contributed by atoms with van der Waals surface area (Å²) >= 11 is 0. The minimum absolute atomic E-state index is 0.614. The molecule has 0 nitrogen and oxygen atoms in total. The average molecular weight is 218 g/mol. The Morgan fingerprint density at radius 2 is 1.62 bits per heavy atom. The summed E-state index contributed by atoms with van der Waals surface area (Å²) in [5.41, 5.74) is 2.08. The fourth-order valence-electron chi connectivity index (χ4n) is 8.37. The fraction of sp³-hybridized carbons (Fsp3) is 1.00. The molecule has 0 N–H and O–H groups in total. The third-order valence-corrected chi connectivity index (χ3v) is 8.56. The molecule has 1 spiro atoms. The van der Waals surface area contributed by atoms with E-state index in [0.29, 0.717) is 10.8 Å². The standard InChI is InChI=1S/C16H26/c1-8-7-16-12-9(2)11(8)13(16)14(4,5)15(16,6)10(12)3/h8-13H,7H2,1-6H3. The molecule has 90 valence electrons. The van der Waals surface area contributed by atoms with Crippen LogP contribution in [0.4, 0.5) is 0 Å². The van der Waals surface area contributed by atoms with Crippen molar-refractivity contribution < 1.29 is 0 Å². The Morgan fingerprint density at radius 1 is 1.00 bits per heavy atom. The quantitative estimate of drug-likeness (QED) is 0.571. The van der Waals surface area contributed by atoms with Crippen LogP contribution in [0.2, 0.25) is 0 Å². The van der Waals surface area contributed by atoms with E-state index >= 15 is 0 Å². The molecular formula is C16H26. The van der Waals surface area contributed by atoms with Crippen LogP contribution in [0.25, 0.3) is 0 Å². The molecule has 2 bridgehead atoms. The molecule has 0 heterocycles. The van der Waals surface area contributed by atoms with Crippen LogP contribution in [0.5, 0.6) is 0 Å². The summed E-state index contributed by atoms with van der Waals surface area (Å²) in [6, 6.07) is 0. The van der Waals surface area contributed by atoms with Crippen molar-refractivity contribution in [1.29, 1.82) is 0 Å². The average Bonchev–Trinajstić information content (AvgIpc) is 2.60. The highest BCUT2D eigenvalue weighted by Gasteiger charge is 2.92. The monoisotopic (exact) mass is 218 g/mol. The summed E-state index contributed by atoms with van der Waals surface area (Å²) in [7, 11) is 0. The predicted octanol–water partition coefficient (Wildman–Crippen LogP) is 4.21. The summed E-state index contributed by atoms with van der Waals surface area (Å²) in [5, 5.41) is 0. The number of hydrogen-bond donors (Lipinski definition) is 0. The van der Waals surface area contributed by atoms with Crippen LogP contribution in [0.3, 0.4) is 0 Å². The van der Waals surface area contributed by atoms with Gasteiger partial charge < -0.3 is 0 Å². The van der Waals surface area contributed by atoms with Gasteiger partial charge in [-0.05, 0) is 58.2 Å². The number of hydrogen-bond acceptors (Lipinski definition) is 0. The van der Waals surface area contributed by atoms with E-state index in [2.05, 4.69) is 41.5 Å². The van der Waals surface area contributed by atoms with Crippen molar-refractivity contribution in [2.45, 2.75) is 48.0 Å². The molecule has 0 amide bonds.